The van der Waals surface area contributed by atoms with E-state index in [2.05, 4.69) is 10.5 Å². The number of hydrazone groups is 1. The van der Waals surface area contributed by atoms with Crippen molar-refractivity contribution < 1.29 is 9.53 Å². The summed E-state index contributed by atoms with van der Waals surface area (Å²) in [5, 5.41) is 3.96. The van der Waals surface area contributed by atoms with Gasteiger partial charge in [-0.25, -0.2) is 5.43 Å². The third kappa shape index (κ3) is 4.45. The van der Waals surface area contributed by atoms with Gasteiger partial charge in [0.15, 0.2) is 0 Å². The maximum atomic E-state index is 11.9. The summed E-state index contributed by atoms with van der Waals surface area (Å²) >= 11 is 0. The minimum absolute atomic E-state index is 0.248. The van der Waals surface area contributed by atoms with E-state index in [-0.39, 0.29) is 5.91 Å². The van der Waals surface area contributed by atoms with Gasteiger partial charge in [-0.15, -0.1) is 0 Å². The summed E-state index contributed by atoms with van der Waals surface area (Å²) in [6.45, 7) is 4.53. The van der Waals surface area contributed by atoms with Crippen LogP contribution in [0.3, 0.4) is 0 Å². The van der Waals surface area contributed by atoms with Crippen molar-refractivity contribution in [1.82, 2.24) is 5.43 Å². The lowest BCUT2D eigenvalue weighted by molar-refractivity contribution is 0.0955. The van der Waals surface area contributed by atoms with Crippen molar-refractivity contribution in [2.75, 3.05) is 6.61 Å². The van der Waals surface area contributed by atoms with Crippen molar-refractivity contribution in [3.63, 3.8) is 0 Å². The number of amides is 1. The Hall–Kier alpha value is -2.62. The standard InChI is InChI=1S/C17H18N2O2/c1-3-21-16-9-7-15(8-10-16)17(20)19-18-12-14-6-4-5-13(2)11-14/h4-12H,3H2,1-2H3,(H,19,20)/b18-12-. The van der Waals surface area contributed by atoms with Gasteiger partial charge in [-0.3, -0.25) is 4.79 Å². The van der Waals surface area contributed by atoms with E-state index in [1.54, 1.807) is 30.5 Å². The van der Waals surface area contributed by atoms with Crippen LogP contribution < -0.4 is 10.2 Å². The summed E-state index contributed by atoms with van der Waals surface area (Å²) in [4.78, 5) is 11.9. The summed E-state index contributed by atoms with van der Waals surface area (Å²) in [5.74, 6) is 0.499. The van der Waals surface area contributed by atoms with E-state index >= 15 is 0 Å². The number of rotatable bonds is 5. The van der Waals surface area contributed by atoms with Gasteiger partial charge in [-0.1, -0.05) is 29.8 Å². The minimum Gasteiger partial charge on any atom is -0.494 e. The van der Waals surface area contributed by atoms with Crippen LogP contribution in [0.25, 0.3) is 0 Å². The molecule has 2 rings (SSSR count). The smallest absolute Gasteiger partial charge is 0.271 e. The molecule has 0 aliphatic carbocycles. The third-order valence-electron chi connectivity index (χ3n) is 2.85. The maximum absolute atomic E-state index is 11.9. The van der Waals surface area contributed by atoms with Crippen molar-refractivity contribution in [2.45, 2.75) is 13.8 Å². The molecule has 1 N–H and O–H groups in total. The van der Waals surface area contributed by atoms with Crippen molar-refractivity contribution in [2.24, 2.45) is 5.10 Å². The summed E-state index contributed by atoms with van der Waals surface area (Å²) in [7, 11) is 0. The van der Waals surface area contributed by atoms with Gasteiger partial charge in [0.2, 0.25) is 0 Å². The zero-order valence-electron chi connectivity index (χ0n) is 12.2. The molecule has 0 radical (unpaired) electrons. The van der Waals surface area contributed by atoms with Gasteiger partial charge in [0.25, 0.3) is 5.91 Å². The molecule has 4 nitrogen and oxygen atoms in total. The monoisotopic (exact) mass is 282 g/mol. The molecule has 21 heavy (non-hydrogen) atoms. The van der Waals surface area contributed by atoms with E-state index in [0.29, 0.717) is 12.2 Å². The van der Waals surface area contributed by atoms with Crippen LogP contribution >= 0.6 is 0 Å². The molecule has 0 saturated carbocycles. The third-order valence-corrected chi connectivity index (χ3v) is 2.85. The van der Waals surface area contributed by atoms with Crippen LogP contribution in [0.15, 0.2) is 53.6 Å². The normalized spacial score (nSPS) is 10.6. The number of benzene rings is 2. The molecule has 0 fully saturated rings. The summed E-state index contributed by atoms with van der Waals surface area (Å²) < 4.78 is 5.33. The van der Waals surface area contributed by atoms with Gasteiger partial charge in [0.1, 0.15) is 5.75 Å². The van der Waals surface area contributed by atoms with E-state index in [9.17, 15) is 4.79 Å². The highest BCUT2D eigenvalue weighted by Gasteiger charge is 2.03. The quantitative estimate of drug-likeness (QED) is 0.676. The molecular formula is C17H18N2O2. The molecule has 108 valence electrons. The SMILES string of the molecule is CCOc1ccc(C(=O)N/N=C\c2cccc(C)c2)cc1. The Labute approximate surface area is 124 Å². The second-order valence-corrected chi connectivity index (χ2v) is 4.57. The number of carbonyl (C=O) groups is 1. The van der Waals surface area contributed by atoms with Crippen LogP contribution in [0, 0.1) is 6.92 Å². The number of aryl methyl sites for hydroxylation is 1. The van der Waals surface area contributed by atoms with Gasteiger partial charge in [0.05, 0.1) is 12.8 Å². The lowest BCUT2D eigenvalue weighted by atomic mass is 10.2. The predicted octanol–water partition coefficient (Wildman–Crippen LogP) is 3.16. The fourth-order valence-electron chi connectivity index (χ4n) is 1.85. The number of hydrogen-bond donors (Lipinski definition) is 1. The second kappa shape index (κ2) is 7.24. The molecule has 2 aromatic carbocycles. The van der Waals surface area contributed by atoms with Crippen LogP contribution in [-0.2, 0) is 0 Å². The van der Waals surface area contributed by atoms with Crippen molar-refractivity contribution in [3.8, 4) is 5.75 Å². The molecule has 0 atom stereocenters. The Kier molecular flexibility index (Phi) is 5.10. The average molecular weight is 282 g/mol. The van der Waals surface area contributed by atoms with Crippen LogP contribution in [0.5, 0.6) is 5.75 Å². The Balaban J connectivity index is 1.95. The number of nitrogens with zero attached hydrogens (tertiary/aromatic N) is 1. The number of carbonyl (C=O) groups excluding carboxylic acids is 1. The molecule has 1 amide bonds. The maximum Gasteiger partial charge on any atom is 0.271 e. The highest BCUT2D eigenvalue weighted by molar-refractivity contribution is 5.95. The predicted molar refractivity (Wildman–Crippen MR) is 83.9 cm³/mol. The van der Waals surface area contributed by atoms with Gasteiger partial charge in [-0.05, 0) is 43.7 Å². The Morgan fingerprint density at radius 1 is 1.24 bits per heavy atom. The number of nitrogens with one attached hydrogen (secondary N) is 1. The molecule has 0 bridgehead atoms. The van der Waals surface area contributed by atoms with Gasteiger partial charge in [-0.2, -0.15) is 5.10 Å². The van der Waals surface area contributed by atoms with Crippen LogP contribution in [-0.4, -0.2) is 18.7 Å². The molecule has 4 heteroatoms. The summed E-state index contributed by atoms with van der Waals surface area (Å²) in [5.41, 5.74) is 5.15. The lowest BCUT2D eigenvalue weighted by Gasteiger charge is -2.04. The van der Waals surface area contributed by atoms with E-state index in [4.69, 9.17) is 4.74 Å². The first kappa shape index (κ1) is 14.8. The molecule has 0 spiro atoms. The molecule has 0 aromatic heterocycles. The Morgan fingerprint density at radius 2 is 2.00 bits per heavy atom. The zero-order valence-corrected chi connectivity index (χ0v) is 12.2. The minimum atomic E-state index is -0.248. The average Bonchev–Trinajstić information content (AvgIpc) is 2.48. The van der Waals surface area contributed by atoms with Crippen LogP contribution in [0.2, 0.25) is 0 Å². The van der Waals surface area contributed by atoms with Crippen molar-refractivity contribution in [3.05, 3.63) is 65.2 Å². The van der Waals surface area contributed by atoms with E-state index in [0.717, 1.165) is 16.9 Å². The Morgan fingerprint density at radius 3 is 2.67 bits per heavy atom. The van der Waals surface area contributed by atoms with Crippen LogP contribution in [0.1, 0.15) is 28.4 Å². The highest BCUT2D eigenvalue weighted by atomic mass is 16.5. The molecule has 0 heterocycles. The van der Waals surface area contributed by atoms with E-state index in [1.165, 1.54) is 0 Å². The molecule has 0 aliphatic heterocycles. The largest absolute Gasteiger partial charge is 0.494 e. The summed E-state index contributed by atoms with van der Waals surface area (Å²) in [6.07, 6.45) is 1.62. The first-order chi connectivity index (χ1) is 10.2. The van der Waals surface area contributed by atoms with Crippen molar-refractivity contribution in [1.29, 1.82) is 0 Å². The van der Waals surface area contributed by atoms with Crippen molar-refractivity contribution >= 4 is 12.1 Å². The molecule has 0 aliphatic rings. The molecular weight excluding hydrogens is 264 g/mol. The van der Waals surface area contributed by atoms with Gasteiger partial charge < -0.3 is 4.74 Å². The first-order valence-electron chi connectivity index (χ1n) is 6.82. The summed E-state index contributed by atoms with van der Waals surface area (Å²) in [6, 6.07) is 14.8. The molecule has 2 aromatic rings. The lowest BCUT2D eigenvalue weighted by Crippen LogP contribution is -2.17. The number of ether oxygens (including phenoxy) is 1. The van der Waals surface area contributed by atoms with Gasteiger partial charge in [0, 0.05) is 5.56 Å². The van der Waals surface area contributed by atoms with E-state index in [1.807, 2.05) is 38.1 Å². The topological polar surface area (TPSA) is 50.7 Å². The second-order valence-electron chi connectivity index (χ2n) is 4.57. The molecule has 0 saturated heterocycles. The fraction of sp³-hybridized carbons (Fsp3) is 0.176. The fourth-order valence-corrected chi connectivity index (χ4v) is 1.85. The zero-order chi connectivity index (χ0) is 15.1. The number of hydrogen-bond acceptors (Lipinski definition) is 3. The van der Waals surface area contributed by atoms with E-state index < -0.39 is 0 Å². The van der Waals surface area contributed by atoms with Crippen LogP contribution in [0.4, 0.5) is 0 Å². The first-order valence-corrected chi connectivity index (χ1v) is 6.82. The Bertz CT molecular complexity index is 633. The molecule has 0 unspecified atom stereocenters. The van der Waals surface area contributed by atoms with Gasteiger partial charge >= 0.3 is 0 Å². The highest BCUT2D eigenvalue weighted by Crippen LogP contribution is 2.11.